The van der Waals surface area contributed by atoms with E-state index in [0.29, 0.717) is 0 Å². The fourth-order valence-electron chi connectivity index (χ4n) is 1.31. The van der Waals surface area contributed by atoms with Crippen molar-refractivity contribution in [1.82, 2.24) is 10.2 Å². The molecule has 0 aromatic heterocycles. The molecule has 0 aliphatic carbocycles. The summed E-state index contributed by atoms with van der Waals surface area (Å²) < 4.78 is 4.45. The van der Waals surface area contributed by atoms with Crippen molar-refractivity contribution in [3.8, 4) is 0 Å². The van der Waals surface area contributed by atoms with Crippen molar-refractivity contribution >= 4 is 34.9 Å². The van der Waals surface area contributed by atoms with E-state index in [1.807, 2.05) is 0 Å². The summed E-state index contributed by atoms with van der Waals surface area (Å²) in [6.07, 6.45) is 1.04. The molecule has 7 heteroatoms. The second-order valence-corrected chi connectivity index (χ2v) is 4.05. The molecule has 1 heterocycles. The molecule has 1 aliphatic rings. The minimum absolute atomic E-state index is 0.0107. The quantitative estimate of drug-likeness (QED) is 0.398. The molecule has 1 atom stereocenters. The second-order valence-electron chi connectivity index (χ2n) is 3.61. The average Bonchev–Trinajstić information content (AvgIpc) is 2.26. The Bertz CT molecular complexity index is 428. The van der Waals surface area contributed by atoms with Crippen LogP contribution in [-0.4, -0.2) is 48.8 Å². The van der Waals surface area contributed by atoms with Gasteiger partial charge in [0.1, 0.15) is 10.7 Å². The van der Waals surface area contributed by atoms with Crippen molar-refractivity contribution < 1.29 is 19.1 Å². The number of hydrogen-bond acceptors (Lipinski definition) is 5. The lowest BCUT2D eigenvalue weighted by molar-refractivity contribution is -0.138. The van der Waals surface area contributed by atoms with Gasteiger partial charge in [0.05, 0.1) is 7.11 Å². The van der Waals surface area contributed by atoms with Gasteiger partial charge in [-0.25, -0.2) is 4.79 Å². The molecular weight excluding hydrogens is 244 g/mol. The summed E-state index contributed by atoms with van der Waals surface area (Å²) in [5, 5.41) is 2.53. The molecule has 0 spiro atoms. The number of carbonyl (C=O) groups excluding carboxylic acids is 3. The number of ketones is 1. The number of esters is 1. The molecule has 6 nitrogen and oxygen atoms in total. The number of nitrogens with zero attached hydrogens (tertiary/aromatic N) is 1. The van der Waals surface area contributed by atoms with E-state index in [-0.39, 0.29) is 10.7 Å². The Hall–Kier alpha value is -1.76. The first-order valence-corrected chi connectivity index (χ1v) is 5.15. The van der Waals surface area contributed by atoms with Crippen molar-refractivity contribution in [2.75, 3.05) is 21.2 Å². The predicted molar refractivity (Wildman–Crippen MR) is 63.0 cm³/mol. The number of methoxy groups -OCH3 is 1. The van der Waals surface area contributed by atoms with Crippen LogP contribution in [-0.2, 0) is 19.1 Å². The van der Waals surface area contributed by atoms with Crippen LogP contribution >= 0.6 is 12.2 Å². The Balaban J connectivity index is 3.00. The molecule has 0 radical (unpaired) electrons. The summed E-state index contributed by atoms with van der Waals surface area (Å²) >= 11 is 4.92. The first kappa shape index (κ1) is 13.3. The minimum atomic E-state index is -1.06. The van der Waals surface area contributed by atoms with Crippen molar-refractivity contribution in [1.29, 1.82) is 0 Å². The minimum Gasteiger partial charge on any atom is -0.464 e. The van der Waals surface area contributed by atoms with Crippen LogP contribution in [0.2, 0.25) is 0 Å². The molecule has 1 N–H and O–H groups in total. The summed E-state index contributed by atoms with van der Waals surface area (Å²) in [6, 6.07) is 0. The van der Waals surface area contributed by atoms with Gasteiger partial charge in [-0.2, -0.15) is 0 Å². The number of nitrogens with one attached hydrogen (secondary N) is 1. The number of allylic oxidation sites excluding steroid dienone is 1. The van der Waals surface area contributed by atoms with E-state index in [9.17, 15) is 14.4 Å². The number of carbonyl (C=O) groups is 3. The molecule has 0 saturated carbocycles. The van der Waals surface area contributed by atoms with Gasteiger partial charge < -0.3 is 15.0 Å². The maximum absolute atomic E-state index is 11.7. The predicted octanol–water partition coefficient (Wildman–Crippen LogP) is -0.753. The van der Waals surface area contributed by atoms with Crippen LogP contribution < -0.4 is 5.32 Å². The smallest absolute Gasteiger partial charge is 0.354 e. The Morgan fingerprint density at radius 2 is 2.06 bits per heavy atom. The first-order chi connectivity index (χ1) is 7.88. The molecule has 0 fully saturated rings. The zero-order valence-corrected chi connectivity index (χ0v) is 10.5. The number of hydrogen-bond donors (Lipinski definition) is 1. The highest BCUT2D eigenvalue weighted by Gasteiger charge is 2.36. The Morgan fingerprint density at radius 3 is 2.47 bits per heavy atom. The molecular formula is C10H12N2O4S. The van der Waals surface area contributed by atoms with Crippen LogP contribution in [0.5, 0.6) is 0 Å². The van der Waals surface area contributed by atoms with Crippen molar-refractivity contribution in [2.45, 2.75) is 0 Å². The monoisotopic (exact) mass is 256 g/mol. The van der Waals surface area contributed by atoms with Crippen LogP contribution in [0.4, 0.5) is 0 Å². The van der Waals surface area contributed by atoms with E-state index in [4.69, 9.17) is 12.2 Å². The number of thiocarbonyl (C=S) groups is 1. The summed E-state index contributed by atoms with van der Waals surface area (Å²) in [5.74, 6) is -2.70. The Morgan fingerprint density at radius 1 is 1.47 bits per heavy atom. The van der Waals surface area contributed by atoms with Gasteiger partial charge in [-0.1, -0.05) is 12.2 Å². The van der Waals surface area contributed by atoms with E-state index in [1.165, 1.54) is 26.1 Å². The molecule has 92 valence electrons. The Labute approximate surface area is 104 Å². The van der Waals surface area contributed by atoms with Gasteiger partial charge >= 0.3 is 5.97 Å². The largest absolute Gasteiger partial charge is 0.464 e. The SMILES string of the molecule is COC(=O)C1=CC(=O)C(C(=O)N(C)C)C(=S)N1. The van der Waals surface area contributed by atoms with Crippen molar-refractivity contribution in [2.24, 2.45) is 5.92 Å². The number of rotatable bonds is 2. The molecule has 17 heavy (non-hydrogen) atoms. The van der Waals surface area contributed by atoms with E-state index in [1.54, 1.807) is 0 Å². The lowest BCUT2D eigenvalue weighted by Crippen LogP contribution is -2.47. The van der Waals surface area contributed by atoms with Crippen molar-refractivity contribution in [3.05, 3.63) is 11.8 Å². The van der Waals surface area contributed by atoms with Gasteiger partial charge in [0.2, 0.25) is 5.91 Å². The fourth-order valence-corrected chi connectivity index (χ4v) is 1.63. The van der Waals surface area contributed by atoms with Gasteiger partial charge in [-0.15, -0.1) is 0 Å². The van der Waals surface area contributed by atoms with Gasteiger partial charge in [-0.05, 0) is 0 Å². The lowest BCUT2D eigenvalue weighted by atomic mass is 9.98. The highest BCUT2D eigenvalue weighted by Crippen LogP contribution is 2.13. The third-order valence-electron chi connectivity index (χ3n) is 2.18. The molecule has 1 rings (SSSR count). The van der Waals surface area contributed by atoms with Crippen LogP contribution in [0.15, 0.2) is 11.8 Å². The van der Waals surface area contributed by atoms with Gasteiger partial charge in [-0.3, -0.25) is 9.59 Å². The zero-order valence-electron chi connectivity index (χ0n) is 9.64. The lowest BCUT2D eigenvalue weighted by Gasteiger charge is -2.24. The van der Waals surface area contributed by atoms with Gasteiger partial charge in [0.15, 0.2) is 11.7 Å². The highest BCUT2D eigenvalue weighted by molar-refractivity contribution is 7.80. The molecule has 0 saturated heterocycles. The summed E-state index contributed by atoms with van der Waals surface area (Å²) in [5.41, 5.74) is -0.0506. The molecule has 0 bridgehead atoms. The molecule has 0 aromatic carbocycles. The summed E-state index contributed by atoms with van der Waals surface area (Å²) in [6.45, 7) is 0. The molecule has 1 amide bonds. The number of amides is 1. The number of ether oxygens (including phenoxy) is 1. The Kier molecular flexibility index (Phi) is 3.95. The van der Waals surface area contributed by atoms with E-state index >= 15 is 0 Å². The second kappa shape index (κ2) is 5.05. The first-order valence-electron chi connectivity index (χ1n) is 4.74. The summed E-state index contributed by atoms with van der Waals surface area (Å²) in [7, 11) is 4.24. The molecule has 1 aliphatic heterocycles. The average molecular weight is 256 g/mol. The normalized spacial score (nSPS) is 19.2. The maximum Gasteiger partial charge on any atom is 0.354 e. The van der Waals surface area contributed by atoms with Crippen LogP contribution in [0.25, 0.3) is 0 Å². The maximum atomic E-state index is 11.7. The topological polar surface area (TPSA) is 75.7 Å². The fraction of sp³-hybridized carbons (Fsp3) is 0.400. The third kappa shape index (κ3) is 2.68. The van der Waals surface area contributed by atoms with E-state index in [2.05, 4.69) is 10.1 Å². The van der Waals surface area contributed by atoms with Crippen molar-refractivity contribution in [3.63, 3.8) is 0 Å². The van der Waals surface area contributed by atoms with Gasteiger partial charge in [0, 0.05) is 20.2 Å². The molecule has 1 unspecified atom stereocenters. The summed E-state index contributed by atoms with van der Waals surface area (Å²) in [4.78, 5) is 35.9. The third-order valence-corrected chi connectivity index (χ3v) is 2.52. The van der Waals surface area contributed by atoms with Crippen LogP contribution in [0.1, 0.15) is 0 Å². The van der Waals surface area contributed by atoms with Gasteiger partial charge in [0.25, 0.3) is 0 Å². The van der Waals surface area contributed by atoms with Crippen LogP contribution in [0.3, 0.4) is 0 Å². The highest BCUT2D eigenvalue weighted by atomic mass is 32.1. The standard InChI is InChI=1S/C10H12N2O4S/c1-12(2)9(14)7-6(13)4-5(10(15)16-3)11-8(7)17/h4,7H,1-3H3,(H,11,17). The van der Waals surface area contributed by atoms with Crippen LogP contribution in [0, 0.1) is 5.92 Å². The van der Waals surface area contributed by atoms with E-state index < -0.39 is 23.6 Å². The molecule has 0 aromatic rings. The zero-order chi connectivity index (χ0) is 13.2. The van der Waals surface area contributed by atoms with E-state index in [0.717, 1.165) is 6.08 Å².